The van der Waals surface area contributed by atoms with E-state index in [-0.39, 0.29) is 10.3 Å². The minimum atomic E-state index is -3.50. The Labute approximate surface area is 121 Å². The van der Waals surface area contributed by atoms with Crippen molar-refractivity contribution in [3.63, 3.8) is 0 Å². The second-order valence-electron chi connectivity index (χ2n) is 6.09. The van der Waals surface area contributed by atoms with Gasteiger partial charge in [-0.2, -0.15) is 0 Å². The Balaban J connectivity index is 2.13. The highest BCUT2D eigenvalue weighted by Crippen LogP contribution is 2.51. The fraction of sp³-hybridized carbons (Fsp3) is 0.600. The van der Waals surface area contributed by atoms with Crippen LogP contribution >= 0.6 is 0 Å². The summed E-state index contributed by atoms with van der Waals surface area (Å²) in [6, 6.07) is 6.47. The lowest BCUT2D eigenvalue weighted by molar-refractivity contribution is 0.199. The van der Waals surface area contributed by atoms with E-state index >= 15 is 0 Å². The first kappa shape index (κ1) is 15.5. The molecule has 0 bridgehead atoms. The zero-order valence-electron chi connectivity index (χ0n) is 12.3. The van der Waals surface area contributed by atoms with E-state index in [1.807, 2.05) is 0 Å². The number of aliphatic hydroxyl groups is 1. The average molecular weight is 297 g/mol. The number of benzene rings is 1. The van der Waals surface area contributed by atoms with Gasteiger partial charge in [0.1, 0.15) is 0 Å². The van der Waals surface area contributed by atoms with Gasteiger partial charge in [0, 0.05) is 6.54 Å². The zero-order chi connectivity index (χ0) is 15.0. The molecule has 112 valence electrons. The Hall–Kier alpha value is -0.910. The summed E-state index contributed by atoms with van der Waals surface area (Å²) in [6.07, 6.45) is 1.50. The van der Waals surface area contributed by atoms with Crippen molar-refractivity contribution < 1.29 is 13.5 Å². The molecule has 4 nitrogen and oxygen atoms in total. The molecule has 2 N–H and O–H groups in total. The molecule has 1 saturated carbocycles. The highest BCUT2D eigenvalue weighted by molar-refractivity contribution is 7.89. The summed E-state index contributed by atoms with van der Waals surface area (Å²) in [5.74, 6) is 0.481. The SMILES string of the molecule is CC(O)c1cccc(S(=O)(=O)NCC2(C(C)C)CC2)c1. The molecule has 0 spiro atoms. The number of aliphatic hydroxyl groups excluding tert-OH is 1. The number of hydrogen-bond donors (Lipinski definition) is 2. The van der Waals surface area contributed by atoms with Gasteiger partial charge in [0.2, 0.25) is 10.0 Å². The highest BCUT2D eigenvalue weighted by Gasteiger charge is 2.45. The maximum Gasteiger partial charge on any atom is 0.240 e. The minimum absolute atomic E-state index is 0.134. The van der Waals surface area contributed by atoms with Crippen molar-refractivity contribution in [2.75, 3.05) is 6.54 Å². The van der Waals surface area contributed by atoms with Crippen LogP contribution in [0.1, 0.15) is 45.3 Å². The molecule has 1 fully saturated rings. The van der Waals surface area contributed by atoms with Gasteiger partial charge in [0.05, 0.1) is 11.0 Å². The first-order valence-electron chi connectivity index (χ1n) is 7.04. The van der Waals surface area contributed by atoms with Crippen LogP contribution in [0.4, 0.5) is 0 Å². The van der Waals surface area contributed by atoms with Crippen LogP contribution in [-0.2, 0) is 10.0 Å². The van der Waals surface area contributed by atoms with Crippen LogP contribution < -0.4 is 4.72 Å². The van der Waals surface area contributed by atoms with Crippen molar-refractivity contribution in [3.8, 4) is 0 Å². The monoisotopic (exact) mass is 297 g/mol. The van der Waals surface area contributed by atoms with Crippen LogP contribution in [0.3, 0.4) is 0 Å². The maximum absolute atomic E-state index is 12.3. The van der Waals surface area contributed by atoms with Gasteiger partial charge in [-0.3, -0.25) is 0 Å². The lowest BCUT2D eigenvalue weighted by atomic mass is 9.93. The predicted octanol–water partition coefficient (Wildman–Crippen LogP) is 2.45. The third-order valence-electron chi connectivity index (χ3n) is 4.38. The van der Waals surface area contributed by atoms with Crippen LogP contribution in [0.25, 0.3) is 0 Å². The normalized spacial score (nSPS) is 19.1. The smallest absolute Gasteiger partial charge is 0.240 e. The van der Waals surface area contributed by atoms with Crippen LogP contribution in [0.15, 0.2) is 29.2 Å². The van der Waals surface area contributed by atoms with Gasteiger partial charge >= 0.3 is 0 Å². The first-order chi connectivity index (χ1) is 9.27. The largest absolute Gasteiger partial charge is 0.389 e. The van der Waals surface area contributed by atoms with Gasteiger partial charge in [0.15, 0.2) is 0 Å². The summed E-state index contributed by atoms with van der Waals surface area (Å²) >= 11 is 0. The summed E-state index contributed by atoms with van der Waals surface area (Å²) in [4.78, 5) is 0.218. The third kappa shape index (κ3) is 3.22. The summed E-state index contributed by atoms with van der Waals surface area (Å²) in [5, 5.41) is 9.54. The summed E-state index contributed by atoms with van der Waals surface area (Å²) in [7, 11) is -3.50. The van der Waals surface area contributed by atoms with Gasteiger partial charge in [-0.15, -0.1) is 0 Å². The van der Waals surface area contributed by atoms with E-state index in [4.69, 9.17) is 0 Å². The molecule has 0 aromatic heterocycles. The number of sulfonamides is 1. The van der Waals surface area contributed by atoms with Gasteiger partial charge < -0.3 is 5.11 Å². The number of rotatable bonds is 6. The zero-order valence-corrected chi connectivity index (χ0v) is 13.1. The van der Waals surface area contributed by atoms with Gasteiger partial charge in [-0.05, 0) is 48.8 Å². The Bertz CT molecular complexity index is 575. The molecule has 0 amide bonds. The van der Waals surface area contributed by atoms with E-state index in [1.54, 1.807) is 25.1 Å². The lowest BCUT2D eigenvalue weighted by Gasteiger charge is -2.20. The van der Waals surface area contributed by atoms with E-state index in [2.05, 4.69) is 18.6 Å². The summed E-state index contributed by atoms with van der Waals surface area (Å²) < 4.78 is 27.3. The fourth-order valence-electron chi connectivity index (χ4n) is 2.38. The van der Waals surface area contributed by atoms with Crippen LogP contribution in [0, 0.1) is 11.3 Å². The molecule has 5 heteroatoms. The van der Waals surface area contributed by atoms with Crippen molar-refractivity contribution >= 4 is 10.0 Å². The average Bonchev–Trinajstić information content (AvgIpc) is 3.18. The molecule has 0 heterocycles. The number of hydrogen-bond acceptors (Lipinski definition) is 3. The van der Waals surface area contributed by atoms with Gasteiger partial charge in [0.25, 0.3) is 0 Å². The maximum atomic E-state index is 12.3. The van der Waals surface area contributed by atoms with Crippen molar-refractivity contribution in [1.29, 1.82) is 0 Å². The standard InChI is InChI=1S/C15H23NO3S/c1-11(2)15(7-8-15)10-16-20(18,19)14-6-4-5-13(9-14)12(3)17/h4-6,9,11-12,16-17H,7-8,10H2,1-3H3. The van der Waals surface area contributed by atoms with E-state index < -0.39 is 16.1 Å². The second-order valence-corrected chi connectivity index (χ2v) is 7.86. The highest BCUT2D eigenvalue weighted by atomic mass is 32.2. The predicted molar refractivity (Wildman–Crippen MR) is 78.8 cm³/mol. The Morgan fingerprint density at radius 3 is 2.45 bits per heavy atom. The second kappa shape index (κ2) is 5.47. The Morgan fingerprint density at radius 1 is 1.30 bits per heavy atom. The molecule has 1 atom stereocenters. The summed E-state index contributed by atoms with van der Waals surface area (Å²) in [6.45, 7) is 6.38. The van der Waals surface area contributed by atoms with Gasteiger partial charge in [-0.25, -0.2) is 13.1 Å². The van der Waals surface area contributed by atoms with E-state index in [9.17, 15) is 13.5 Å². The Morgan fingerprint density at radius 2 is 1.95 bits per heavy atom. The van der Waals surface area contributed by atoms with Crippen molar-refractivity contribution in [3.05, 3.63) is 29.8 Å². The van der Waals surface area contributed by atoms with Crippen molar-refractivity contribution in [2.24, 2.45) is 11.3 Å². The molecule has 2 rings (SSSR count). The Kier molecular flexibility index (Phi) is 4.23. The van der Waals surface area contributed by atoms with Crippen molar-refractivity contribution in [1.82, 2.24) is 4.72 Å². The van der Waals surface area contributed by atoms with Crippen molar-refractivity contribution in [2.45, 2.75) is 44.6 Å². The molecule has 0 saturated heterocycles. The fourth-order valence-corrected chi connectivity index (χ4v) is 3.58. The van der Waals surface area contributed by atoms with E-state index in [1.165, 1.54) is 6.07 Å². The molecule has 1 aromatic rings. The van der Waals surface area contributed by atoms with E-state index in [0.29, 0.717) is 18.0 Å². The van der Waals surface area contributed by atoms with Crippen LogP contribution in [-0.4, -0.2) is 20.1 Å². The lowest BCUT2D eigenvalue weighted by Crippen LogP contribution is -2.32. The topological polar surface area (TPSA) is 66.4 Å². The minimum Gasteiger partial charge on any atom is -0.389 e. The number of nitrogens with one attached hydrogen (secondary N) is 1. The molecule has 20 heavy (non-hydrogen) atoms. The first-order valence-corrected chi connectivity index (χ1v) is 8.53. The molecule has 1 aromatic carbocycles. The van der Waals surface area contributed by atoms with Crippen LogP contribution in [0.2, 0.25) is 0 Å². The molecule has 1 aliphatic carbocycles. The molecular formula is C15H23NO3S. The molecule has 0 aliphatic heterocycles. The molecule has 0 radical (unpaired) electrons. The molecular weight excluding hydrogens is 274 g/mol. The quantitative estimate of drug-likeness (QED) is 0.847. The van der Waals surface area contributed by atoms with E-state index in [0.717, 1.165) is 12.8 Å². The summed E-state index contributed by atoms with van der Waals surface area (Å²) in [5.41, 5.74) is 0.743. The van der Waals surface area contributed by atoms with Crippen LogP contribution in [0.5, 0.6) is 0 Å². The molecule has 1 aliphatic rings. The third-order valence-corrected chi connectivity index (χ3v) is 5.78. The van der Waals surface area contributed by atoms with Gasteiger partial charge in [-0.1, -0.05) is 26.0 Å². The molecule has 1 unspecified atom stereocenters.